The van der Waals surface area contributed by atoms with Crippen LogP contribution in [-0.4, -0.2) is 49.1 Å². The third-order valence-electron chi connectivity index (χ3n) is 2.77. The summed E-state index contributed by atoms with van der Waals surface area (Å²) < 4.78 is 36.8. The summed E-state index contributed by atoms with van der Waals surface area (Å²) in [4.78, 5) is 23.3. The van der Waals surface area contributed by atoms with Crippen molar-refractivity contribution in [1.82, 2.24) is 10.2 Å². The van der Waals surface area contributed by atoms with Gasteiger partial charge in [-0.25, -0.2) is 0 Å². The summed E-state index contributed by atoms with van der Waals surface area (Å²) >= 11 is 0. The van der Waals surface area contributed by atoms with Crippen LogP contribution in [0.3, 0.4) is 0 Å². The van der Waals surface area contributed by atoms with Crippen molar-refractivity contribution in [3.8, 4) is 0 Å². The largest absolute Gasteiger partial charge is 0.471 e. The van der Waals surface area contributed by atoms with Crippen molar-refractivity contribution in [3.63, 3.8) is 0 Å². The van der Waals surface area contributed by atoms with E-state index in [4.69, 9.17) is 5.73 Å². The first kappa shape index (κ1) is 14.7. The molecule has 1 unspecified atom stereocenters. The highest BCUT2D eigenvalue weighted by molar-refractivity contribution is 5.84. The zero-order valence-corrected chi connectivity index (χ0v) is 9.79. The second-order valence-electron chi connectivity index (χ2n) is 4.17. The molecule has 3 N–H and O–H groups in total. The Bertz CT molecular complexity index is 320. The Morgan fingerprint density at radius 1 is 1.39 bits per heavy atom. The highest BCUT2D eigenvalue weighted by Gasteiger charge is 2.44. The van der Waals surface area contributed by atoms with Crippen LogP contribution < -0.4 is 11.1 Å². The van der Waals surface area contributed by atoms with Gasteiger partial charge in [-0.15, -0.1) is 0 Å². The molecule has 0 radical (unpaired) electrons. The highest BCUT2D eigenvalue weighted by Crippen LogP contribution is 2.23. The molecule has 104 valence electrons. The van der Waals surface area contributed by atoms with E-state index < -0.39 is 18.0 Å². The summed E-state index contributed by atoms with van der Waals surface area (Å²) in [7, 11) is 0. The number of likely N-dealkylation sites (tertiary alicyclic amines) is 1. The fourth-order valence-corrected chi connectivity index (χ4v) is 1.89. The summed E-state index contributed by atoms with van der Waals surface area (Å²) in [5.41, 5.74) is 5.21. The molecule has 5 nitrogen and oxygen atoms in total. The Morgan fingerprint density at radius 3 is 2.61 bits per heavy atom. The normalized spacial score (nSPS) is 20.7. The summed E-state index contributed by atoms with van der Waals surface area (Å²) in [5, 5.41) is 2.52. The lowest BCUT2D eigenvalue weighted by Gasteiger charge is -2.32. The van der Waals surface area contributed by atoms with E-state index >= 15 is 0 Å². The quantitative estimate of drug-likeness (QED) is 0.747. The number of hydrogen-bond acceptors (Lipinski definition) is 3. The first-order chi connectivity index (χ1) is 8.36. The number of rotatable bonds is 3. The molecule has 1 fully saturated rings. The molecule has 8 heteroatoms. The van der Waals surface area contributed by atoms with Crippen LogP contribution in [0.25, 0.3) is 0 Å². The molecule has 2 amide bonds. The minimum atomic E-state index is -4.88. The monoisotopic (exact) mass is 267 g/mol. The fourth-order valence-electron chi connectivity index (χ4n) is 1.89. The van der Waals surface area contributed by atoms with Gasteiger partial charge in [0.1, 0.15) is 0 Å². The topological polar surface area (TPSA) is 75.4 Å². The molecule has 0 spiro atoms. The van der Waals surface area contributed by atoms with Gasteiger partial charge in [-0.1, -0.05) is 0 Å². The highest BCUT2D eigenvalue weighted by atomic mass is 19.4. The molecule has 1 rings (SSSR count). The van der Waals surface area contributed by atoms with Gasteiger partial charge in [0.25, 0.3) is 0 Å². The Hall–Kier alpha value is -1.31. The summed E-state index contributed by atoms with van der Waals surface area (Å²) in [6, 6.07) is 0. The van der Waals surface area contributed by atoms with Crippen molar-refractivity contribution in [3.05, 3.63) is 0 Å². The SMILES string of the molecule is NCCNC(=O)C1CCCN(C(=O)C(F)(F)F)C1. The number of nitrogens with two attached hydrogens (primary N) is 1. The molecule has 1 saturated heterocycles. The van der Waals surface area contributed by atoms with Crippen LogP contribution in [0.5, 0.6) is 0 Å². The number of amides is 2. The van der Waals surface area contributed by atoms with E-state index in [2.05, 4.69) is 5.32 Å². The summed E-state index contributed by atoms with van der Waals surface area (Å²) in [5.74, 6) is -2.81. The number of carbonyl (C=O) groups is 2. The predicted molar refractivity (Wildman–Crippen MR) is 57.4 cm³/mol. The van der Waals surface area contributed by atoms with Crippen LogP contribution in [0.1, 0.15) is 12.8 Å². The first-order valence-electron chi connectivity index (χ1n) is 5.70. The third-order valence-corrected chi connectivity index (χ3v) is 2.77. The Morgan fingerprint density at radius 2 is 2.06 bits per heavy atom. The predicted octanol–water partition coefficient (Wildman–Crippen LogP) is -0.138. The Kier molecular flexibility index (Phi) is 4.94. The molecule has 0 saturated carbocycles. The molecule has 0 aromatic rings. The van der Waals surface area contributed by atoms with E-state index in [1.54, 1.807) is 0 Å². The van der Waals surface area contributed by atoms with Crippen LogP contribution in [0.2, 0.25) is 0 Å². The van der Waals surface area contributed by atoms with Gasteiger partial charge in [0, 0.05) is 26.2 Å². The Labute approximate surface area is 102 Å². The Balaban J connectivity index is 2.56. The molecule has 0 aromatic heterocycles. The average Bonchev–Trinajstić information content (AvgIpc) is 2.34. The molecular formula is C10H16F3N3O2. The van der Waals surface area contributed by atoms with Gasteiger partial charge in [0.05, 0.1) is 5.92 Å². The van der Waals surface area contributed by atoms with Crippen LogP contribution >= 0.6 is 0 Å². The van der Waals surface area contributed by atoms with Crippen molar-refractivity contribution in [2.45, 2.75) is 19.0 Å². The number of hydrogen-bond donors (Lipinski definition) is 2. The van der Waals surface area contributed by atoms with Crippen molar-refractivity contribution in [2.75, 3.05) is 26.2 Å². The number of carbonyl (C=O) groups excluding carboxylic acids is 2. The lowest BCUT2D eigenvalue weighted by atomic mass is 9.97. The van der Waals surface area contributed by atoms with Crippen molar-refractivity contribution < 1.29 is 22.8 Å². The van der Waals surface area contributed by atoms with Crippen molar-refractivity contribution in [1.29, 1.82) is 0 Å². The van der Waals surface area contributed by atoms with Crippen LogP contribution in [-0.2, 0) is 9.59 Å². The smallest absolute Gasteiger partial charge is 0.355 e. The second-order valence-corrected chi connectivity index (χ2v) is 4.17. The second kappa shape index (κ2) is 6.03. The van der Waals surface area contributed by atoms with E-state index in [9.17, 15) is 22.8 Å². The lowest BCUT2D eigenvalue weighted by Crippen LogP contribution is -2.49. The van der Waals surface area contributed by atoms with Gasteiger partial charge in [0.2, 0.25) is 5.91 Å². The average molecular weight is 267 g/mol. The molecule has 1 atom stereocenters. The molecule has 0 aromatic carbocycles. The first-order valence-corrected chi connectivity index (χ1v) is 5.70. The van der Waals surface area contributed by atoms with Gasteiger partial charge in [-0.3, -0.25) is 9.59 Å². The molecule has 1 aliphatic rings. The van der Waals surface area contributed by atoms with Gasteiger partial charge >= 0.3 is 12.1 Å². The van der Waals surface area contributed by atoms with Crippen LogP contribution in [0, 0.1) is 5.92 Å². The van der Waals surface area contributed by atoms with E-state index in [-0.39, 0.29) is 32.1 Å². The standard InChI is InChI=1S/C10H16F3N3O2/c11-10(12,13)9(18)16-5-1-2-7(6-16)8(17)15-4-3-14/h7H,1-6,14H2,(H,15,17). The number of halogens is 3. The number of nitrogens with zero attached hydrogens (tertiary/aromatic N) is 1. The van der Waals surface area contributed by atoms with E-state index in [1.165, 1.54) is 0 Å². The minimum absolute atomic E-state index is 0.0407. The molecule has 18 heavy (non-hydrogen) atoms. The maximum Gasteiger partial charge on any atom is 0.471 e. The summed E-state index contributed by atoms with van der Waals surface area (Å²) in [6.45, 7) is 0.403. The summed E-state index contributed by atoms with van der Waals surface area (Å²) in [6.07, 6.45) is -4.00. The third kappa shape index (κ3) is 3.86. The van der Waals surface area contributed by atoms with Crippen molar-refractivity contribution >= 4 is 11.8 Å². The maximum atomic E-state index is 12.3. The maximum absolute atomic E-state index is 12.3. The van der Waals surface area contributed by atoms with Gasteiger partial charge in [-0.2, -0.15) is 13.2 Å². The van der Waals surface area contributed by atoms with E-state index in [0.29, 0.717) is 17.7 Å². The lowest BCUT2D eigenvalue weighted by molar-refractivity contribution is -0.187. The molecular weight excluding hydrogens is 251 g/mol. The molecule has 0 bridgehead atoms. The van der Waals surface area contributed by atoms with E-state index in [0.717, 1.165) is 0 Å². The number of nitrogens with one attached hydrogen (secondary N) is 1. The van der Waals surface area contributed by atoms with Gasteiger partial charge < -0.3 is 16.0 Å². The van der Waals surface area contributed by atoms with Crippen LogP contribution in [0.4, 0.5) is 13.2 Å². The number of alkyl halides is 3. The van der Waals surface area contributed by atoms with Crippen LogP contribution in [0.15, 0.2) is 0 Å². The molecule has 0 aliphatic carbocycles. The van der Waals surface area contributed by atoms with Crippen molar-refractivity contribution in [2.24, 2.45) is 11.7 Å². The number of piperidine rings is 1. The van der Waals surface area contributed by atoms with Gasteiger partial charge in [0.15, 0.2) is 0 Å². The molecule has 1 aliphatic heterocycles. The molecule has 1 heterocycles. The van der Waals surface area contributed by atoms with E-state index in [1.807, 2.05) is 0 Å². The zero-order valence-electron chi connectivity index (χ0n) is 9.79. The fraction of sp³-hybridized carbons (Fsp3) is 0.800. The minimum Gasteiger partial charge on any atom is -0.355 e. The van der Waals surface area contributed by atoms with Gasteiger partial charge in [-0.05, 0) is 12.8 Å². The zero-order chi connectivity index (χ0) is 13.8.